The summed E-state index contributed by atoms with van der Waals surface area (Å²) < 4.78 is 0. The zero-order chi connectivity index (χ0) is 15.4. The van der Waals surface area contributed by atoms with Gasteiger partial charge in [0.25, 0.3) is 0 Å². The molecule has 3 nitrogen and oxygen atoms in total. The first-order valence-electron chi connectivity index (χ1n) is 8.17. The zero-order valence-corrected chi connectivity index (χ0v) is 18.1. The van der Waals surface area contributed by atoms with Crippen LogP contribution < -0.4 is 4.90 Å². The molecule has 1 atom stereocenters. The Morgan fingerprint density at radius 2 is 1.87 bits per heavy atom. The summed E-state index contributed by atoms with van der Waals surface area (Å²) in [7, 11) is 0. The summed E-state index contributed by atoms with van der Waals surface area (Å²) in [6.07, 6.45) is 2.13. The van der Waals surface area contributed by atoms with Crippen LogP contribution >= 0.6 is 34.0 Å². The molecule has 1 saturated heterocycles. The number of anilines is 1. The molecule has 1 heterocycles. The predicted octanol–water partition coefficient (Wildman–Crippen LogP) is 4.54. The van der Waals surface area contributed by atoms with Gasteiger partial charge >= 0.3 is 0 Å². The van der Waals surface area contributed by atoms with Crippen LogP contribution in [0, 0.1) is 19.8 Å². The Labute approximate surface area is 162 Å². The van der Waals surface area contributed by atoms with Gasteiger partial charge in [0.2, 0.25) is 5.91 Å². The molecule has 0 spiro atoms. The van der Waals surface area contributed by atoms with Gasteiger partial charge in [0.15, 0.2) is 0 Å². The lowest BCUT2D eigenvalue weighted by Crippen LogP contribution is -2.45. The summed E-state index contributed by atoms with van der Waals surface area (Å²) in [5.74, 6) is 0.480. The Hall–Kier alpha value is -0.550. The van der Waals surface area contributed by atoms with Crippen molar-refractivity contribution >= 4 is 45.6 Å². The van der Waals surface area contributed by atoms with Crippen molar-refractivity contribution in [1.29, 1.82) is 0 Å². The predicted molar refractivity (Wildman–Crippen MR) is 109 cm³/mol. The van der Waals surface area contributed by atoms with E-state index in [4.69, 9.17) is 0 Å². The molecule has 1 unspecified atom stereocenters. The van der Waals surface area contributed by atoms with Crippen LogP contribution in [-0.2, 0) is 4.79 Å². The van der Waals surface area contributed by atoms with Crippen molar-refractivity contribution in [3.63, 3.8) is 0 Å². The molecule has 0 aromatic heterocycles. The van der Waals surface area contributed by atoms with E-state index in [2.05, 4.69) is 50.8 Å². The molecule has 1 fully saturated rings. The Kier molecular flexibility index (Phi) is 10.1. The molecule has 1 aliphatic rings. The zero-order valence-electron chi connectivity index (χ0n) is 14.7. The van der Waals surface area contributed by atoms with Crippen LogP contribution in [0.1, 0.15) is 37.8 Å². The summed E-state index contributed by atoms with van der Waals surface area (Å²) in [4.78, 5) is 17.0. The van der Waals surface area contributed by atoms with Crippen LogP contribution in [0.2, 0.25) is 0 Å². The topological polar surface area (TPSA) is 23.6 Å². The van der Waals surface area contributed by atoms with Crippen LogP contribution in [-0.4, -0.2) is 37.0 Å². The maximum absolute atomic E-state index is 12.6. The largest absolute Gasteiger partial charge is 0.371 e. The highest BCUT2D eigenvalue weighted by molar-refractivity contribution is 8.93. The highest BCUT2D eigenvalue weighted by Gasteiger charge is 2.28. The van der Waals surface area contributed by atoms with E-state index in [0.717, 1.165) is 39.0 Å². The quantitative estimate of drug-likeness (QED) is 0.673. The van der Waals surface area contributed by atoms with E-state index in [1.807, 2.05) is 4.90 Å². The fraction of sp³-hybridized carbons (Fsp3) is 0.611. The standard InChI is InChI=1S/C18H28N2O.2BrH/c1-5-19(6-2)18(21)16-8-7-11-20(13-16)17-12-14(3)9-10-15(17)4;;/h9-10,12,16H,5-8,11,13H2,1-4H3;2*1H. The number of amides is 1. The van der Waals surface area contributed by atoms with Gasteiger partial charge in [-0.05, 0) is 57.7 Å². The van der Waals surface area contributed by atoms with Gasteiger partial charge in [0, 0.05) is 31.9 Å². The van der Waals surface area contributed by atoms with E-state index in [-0.39, 0.29) is 39.9 Å². The number of piperidine rings is 1. The number of rotatable bonds is 4. The van der Waals surface area contributed by atoms with Gasteiger partial charge in [-0.25, -0.2) is 0 Å². The summed E-state index contributed by atoms with van der Waals surface area (Å²) in [5.41, 5.74) is 3.89. The van der Waals surface area contributed by atoms with Gasteiger partial charge in [-0.15, -0.1) is 34.0 Å². The Morgan fingerprint density at radius 1 is 1.22 bits per heavy atom. The minimum atomic E-state index is 0. The number of aryl methyl sites for hydroxylation is 2. The molecule has 0 radical (unpaired) electrons. The minimum absolute atomic E-state index is 0. The average Bonchev–Trinajstić information content (AvgIpc) is 2.51. The lowest BCUT2D eigenvalue weighted by atomic mass is 9.95. The number of hydrogen-bond acceptors (Lipinski definition) is 2. The van der Waals surface area contributed by atoms with Crippen molar-refractivity contribution in [2.45, 2.75) is 40.5 Å². The third kappa shape index (κ3) is 5.49. The smallest absolute Gasteiger partial charge is 0.227 e. The normalized spacial score (nSPS) is 17.0. The van der Waals surface area contributed by atoms with Crippen molar-refractivity contribution in [3.8, 4) is 0 Å². The maximum atomic E-state index is 12.6. The molecule has 1 amide bonds. The minimum Gasteiger partial charge on any atom is -0.371 e. The van der Waals surface area contributed by atoms with Crippen molar-refractivity contribution in [1.82, 2.24) is 4.90 Å². The molecule has 1 aromatic rings. The first-order chi connectivity index (χ1) is 10.1. The second-order valence-electron chi connectivity index (χ2n) is 6.09. The molecule has 1 aromatic carbocycles. The van der Waals surface area contributed by atoms with Gasteiger partial charge < -0.3 is 9.80 Å². The van der Waals surface area contributed by atoms with E-state index >= 15 is 0 Å². The van der Waals surface area contributed by atoms with E-state index < -0.39 is 0 Å². The fourth-order valence-corrected chi connectivity index (χ4v) is 3.25. The number of benzene rings is 1. The third-order valence-corrected chi connectivity index (χ3v) is 4.55. The van der Waals surface area contributed by atoms with Crippen LogP contribution in [0.4, 0.5) is 5.69 Å². The molecule has 132 valence electrons. The Morgan fingerprint density at radius 3 is 2.48 bits per heavy atom. The molecule has 5 heteroatoms. The Balaban J connectivity index is 0.00000242. The molecule has 1 aliphatic heterocycles. The number of carbonyl (C=O) groups is 1. The SMILES string of the molecule is Br.Br.CCN(CC)C(=O)C1CCCN(c2cc(C)ccc2C)C1. The van der Waals surface area contributed by atoms with Gasteiger partial charge in [0.1, 0.15) is 0 Å². The molecule has 0 saturated carbocycles. The molecule has 0 bridgehead atoms. The second-order valence-corrected chi connectivity index (χ2v) is 6.09. The lowest BCUT2D eigenvalue weighted by Gasteiger charge is -2.36. The highest BCUT2D eigenvalue weighted by Crippen LogP contribution is 2.27. The fourth-order valence-electron chi connectivity index (χ4n) is 3.25. The van der Waals surface area contributed by atoms with Gasteiger partial charge in [-0.2, -0.15) is 0 Å². The first-order valence-corrected chi connectivity index (χ1v) is 8.17. The monoisotopic (exact) mass is 448 g/mol. The molecule has 2 rings (SSSR count). The summed E-state index contributed by atoms with van der Waals surface area (Å²) in [6, 6.07) is 6.58. The van der Waals surface area contributed by atoms with Crippen molar-refractivity contribution in [3.05, 3.63) is 29.3 Å². The van der Waals surface area contributed by atoms with E-state index in [9.17, 15) is 4.79 Å². The van der Waals surface area contributed by atoms with Crippen molar-refractivity contribution in [2.24, 2.45) is 5.92 Å². The second kappa shape index (κ2) is 10.3. The van der Waals surface area contributed by atoms with E-state index in [1.165, 1.54) is 16.8 Å². The first kappa shape index (κ1) is 22.4. The highest BCUT2D eigenvalue weighted by atomic mass is 79.9. The summed E-state index contributed by atoms with van der Waals surface area (Å²) in [5, 5.41) is 0. The summed E-state index contributed by atoms with van der Waals surface area (Å²) in [6.45, 7) is 12.0. The third-order valence-electron chi connectivity index (χ3n) is 4.55. The van der Waals surface area contributed by atoms with E-state index in [1.54, 1.807) is 0 Å². The van der Waals surface area contributed by atoms with Crippen LogP contribution in [0.3, 0.4) is 0 Å². The number of carbonyl (C=O) groups excluding carboxylic acids is 1. The van der Waals surface area contributed by atoms with Gasteiger partial charge in [0.05, 0.1) is 5.92 Å². The van der Waals surface area contributed by atoms with Gasteiger partial charge in [-0.1, -0.05) is 12.1 Å². The Bertz CT molecular complexity index is 504. The lowest BCUT2D eigenvalue weighted by molar-refractivity contribution is -0.135. The number of hydrogen-bond donors (Lipinski definition) is 0. The van der Waals surface area contributed by atoms with Crippen molar-refractivity contribution in [2.75, 3.05) is 31.1 Å². The molecule has 23 heavy (non-hydrogen) atoms. The molecule has 0 aliphatic carbocycles. The van der Waals surface area contributed by atoms with Crippen molar-refractivity contribution < 1.29 is 4.79 Å². The van der Waals surface area contributed by atoms with Crippen LogP contribution in [0.5, 0.6) is 0 Å². The molecular formula is C18H30Br2N2O. The molecule has 0 N–H and O–H groups in total. The number of nitrogens with zero attached hydrogens (tertiary/aromatic N) is 2. The average molecular weight is 450 g/mol. The number of halogens is 2. The van der Waals surface area contributed by atoms with Crippen LogP contribution in [0.15, 0.2) is 18.2 Å². The van der Waals surface area contributed by atoms with E-state index in [0.29, 0.717) is 5.91 Å². The van der Waals surface area contributed by atoms with Crippen LogP contribution in [0.25, 0.3) is 0 Å². The maximum Gasteiger partial charge on any atom is 0.227 e. The van der Waals surface area contributed by atoms with Gasteiger partial charge in [-0.3, -0.25) is 4.79 Å². The summed E-state index contributed by atoms with van der Waals surface area (Å²) >= 11 is 0. The molecular weight excluding hydrogens is 420 g/mol.